The van der Waals surface area contributed by atoms with Crippen molar-refractivity contribution in [3.05, 3.63) is 26.2 Å². The molecule has 0 unspecified atom stereocenters. The maximum Gasteiger partial charge on any atom is 0.343 e. The van der Waals surface area contributed by atoms with Gasteiger partial charge in [0, 0.05) is 13.1 Å². The van der Waals surface area contributed by atoms with Crippen LogP contribution < -0.4 is 9.47 Å². The number of carbonyl (C=O) groups is 2. The Balaban J connectivity index is 2.36. The standard InChI is InChI=1S/C19H23IN2O5S/c1-5-21-19-22(6-2)18(24)15(28-19)10-12-8-13(20)17(14(9-12)26-7-3)27-11-16(23)25-4/h8-10H,5-7,11H2,1-4H3/b15-10-,21-19?. The minimum absolute atomic E-state index is 0.0568. The molecule has 0 atom stereocenters. The number of nitrogens with zero attached hydrogens (tertiary/aromatic N) is 2. The second kappa shape index (κ2) is 10.7. The third-order valence-electron chi connectivity index (χ3n) is 3.69. The SMILES string of the molecule is CCN=C1S/C(=C\c2cc(I)c(OCC(=O)OC)c(OCC)c2)C(=O)N1CC. The Kier molecular flexibility index (Phi) is 8.61. The van der Waals surface area contributed by atoms with E-state index in [0.717, 1.165) is 14.3 Å². The van der Waals surface area contributed by atoms with Gasteiger partial charge in [0.25, 0.3) is 5.91 Å². The van der Waals surface area contributed by atoms with Gasteiger partial charge in [0.2, 0.25) is 0 Å². The van der Waals surface area contributed by atoms with E-state index in [9.17, 15) is 9.59 Å². The summed E-state index contributed by atoms with van der Waals surface area (Å²) in [7, 11) is 1.31. The zero-order chi connectivity index (χ0) is 20.7. The van der Waals surface area contributed by atoms with Crippen molar-refractivity contribution in [2.45, 2.75) is 20.8 Å². The fourth-order valence-electron chi connectivity index (χ4n) is 2.46. The Morgan fingerprint density at radius 3 is 2.64 bits per heavy atom. The van der Waals surface area contributed by atoms with Gasteiger partial charge in [0.05, 0.1) is 22.2 Å². The molecule has 0 saturated carbocycles. The van der Waals surface area contributed by atoms with E-state index in [1.165, 1.54) is 18.9 Å². The largest absolute Gasteiger partial charge is 0.490 e. The fraction of sp³-hybridized carbons (Fsp3) is 0.421. The number of thioether (sulfide) groups is 1. The van der Waals surface area contributed by atoms with E-state index in [1.54, 1.807) is 11.0 Å². The van der Waals surface area contributed by atoms with Gasteiger partial charge in [0.15, 0.2) is 23.3 Å². The number of amides is 1. The van der Waals surface area contributed by atoms with Crippen LogP contribution in [0.4, 0.5) is 0 Å². The van der Waals surface area contributed by atoms with Gasteiger partial charge in [-0.05, 0) is 78.9 Å². The molecule has 1 amide bonds. The van der Waals surface area contributed by atoms with Gasteiger partial charge < -0.3 is 14.2 Å². The Labute approximate surface area is 182 Å². The minimum atomic E-state index is -0.472. The van der Waals surface area contributed by atoms with E-state index >= 15 is 0 Å². The van der Waals surface area contributed by atoms with Crippen LogP contribution in [0.2, 0.25) is 0 Å². The normalized spacial score (nSPS) is 16.8. The highest BCUT2D eigenvalue weighted by Gasteiger charge is 2.32. The molecule has 0 bridgehead atoms. The molecule has 0 aliphatic carbocycles. The molecular formula is C19H23IN2O5S. The van der Waals surface area contributed by atoms with Crippen LogP contribution >= 0.6 is 34.4 Å². The summed E-state index contributed by atoms with van der Waals surface area (Å²) in [6.07, 6.45) is 1.82. The molecule has 1 aromatic rings. The number of benzene rings is 1. The number of amidine groups is 1. The summed E-state index contributed by atoms with van der Waals surface area (Å²) in [5.74, 6) is 0.456. The molecule has 1 aromatic carbocycles. The Morgan fingerprint density at radius 2 is 2.04 bits per heavy atom. The topological polar surface area (TPSA) is 77.4 Å². The zero-order valence-electron chi connectivity index (χ0n) is 16.3. The summed E-state index contributed by atoms with van der Waals surface area (Å²) in [5, 5.41) is 0.721. The molecular weight excluding hydrogens is 495 g/mol. The first-order valence-electron chi connectivity index (χ1n) is 8.86. The molecule has 0 aromatic heterocycles. The van der Waals surface area contributed by atoms with Crippen LogP contribution in [0.25, 0.3) is 6.08 Å². The lowest BCUT2D eigenvalue weighted by Crippen LogP contribution is -2.28. The maximum atomic E-state index is 12.6. The third-order valence-corrected chi connectivity index (χ3v) is 5.53. The van der Waals surface area contributed by atoms with Crippen molar-refractivity contribution in [1.82, 2.24) is 4.90 Å². The number of ether oxygens (including phenoxy) is 3. The van der Waals surface area contributed by atoms with E-state index in [0.29, 0.717) is 36.1 Å². The van der Waals surface area contributed by atoms with Crippen molar-refractivity contribution >= 4 is 57.5 Å². The molecule has 1 aliphatic heterocycles. The molecule has 152 valence electrons. The van der Waals surface area contributed by atoms with Crippen LogP contribution in [0.1, 0.15) is 26.3 Å². The number of methoxy groups -OCH3 is 1. The number of hydrogen-bond donors (Lipinski definition) is 0. The maximum absolute atomic E-state index is 12.6. The number of halogens is 1. The Bertz CT molecular complexity index is 810. The van der Waals surface area contributed by atoms with Crippen molar-refractivity contribution in [1.29, 1.82) is 0 Å². The van der Waals surface area contributed by atoms with Crippen molar-refractivity contribution < 1.29 is 23.8 Å². The van der Waals surface area contributed by atoms with Crippen LogP contribution in [0.5, 0.6) is 11.5 Å². The highest BCUT2D eigenvalue weighted by Crippen LogP contribution is 2.37. The van der Waals surface area contributed by atoms with E-state index in [4.69, 9.17) is 9.47 Å². The Hall–Kier alpha value is -1.75. The van der Waals surface area contributed by atoms with Crippen LogP contribution in [0, 0.1) is 3.57 Å². The van der Waals surface area contributed by atoms with Gasteiger partial charge in [-0.3, -0.25) is 14.7 Å². The zero-order valence-corrected chi connectivity index (χ0v) is 19.3. The van der Waals surface area contributed by atoms with Gasteiger partial charge in [-0.1, -0.05) is 0 Å². The summed E-state index contributed by atoms with van der Waals surface area (Å²) in [6, 6.07) is 3.67. The number of likely N-dealkylation sites (N-methyl/N-ethyl adjacent to an activating group) is 1. The molecule has 9 heteroatoms. The highest BCUT2D eigenvalue weighted by atomic mass is 127. The van der Waals surface area contributed by atoms with Crippen LogP contribution in [-0.2, 0) is 14.3 Å². The van der Waals surface area contributed by atoms with Gasteiger partial charge in [0.1, 0.15) is 0 Å². The predicted molar refractivity (Wildman–Crippen MR) is 119 cm³/mol. The first kappa shape index (κ1) is 22.5. The van der Waals surface area contributed by atoms with E-state index in [1.807, 2.05) is 32.9 Å². The number of aliphatic imine (C=N–C) groups is 1. The lowest BCUT2D eigenvalue weighted by Gasteiger charge is -2.14. The fourth-order valence-corrected chi connectivity index (χ4v) is 4.34. The van der Waals surface area contributed by atoms with Gasteiger partial charge in [-0.25, -0.2) is 4.79 Å². The second-order valence-corrected chi connectivity index (χ2v) is 7.72. The summed E-state index contributed by atoms with van der Waals surface area (Å²) in [5.41, 5.74) is 0.808. The van der Waals surface area contributed by atoms with Crippen LogP contribution in [0.3, 0.4) is 0 Å². The average Bonchev–Trinajstić information content (AvgIpc) is 2.95. The second-order valence-electron chi connectivity index (χ2n) is 5.54. The molecule has 7 nitrogen and oxygen atoms in total. The predicted octanol–water partition coefficient (Wildman–Crippen LogP) is 3.55. The molecule has 0 radical (unpaired) electrons. The summed E-state index contributed by atoms with van der Waals surface area (Å²) in [4.78, 5) is 30.7. The molecule has 28 heavy (non-hydrogen) atoms. The first-order chi connectivity index (χ1) is 13.4. The van der Waals surface area contributed by atoms with Gasteiger partial charge >= 0.3 is 5.97 Å². The lowest BCUT2D eigenvalue weighted by atomic mass is 10.2. The first-order valence-corrected chi connectivity index (χ1v) is 10.8. The molecule has 0 N–H and O–H groups in total. The molecule has 1 heterocycles. The number of rotatable bonds is 8. The third kappa shape index (κ3) is 5.40. The van der Waals surface area contributed by atoms with Crippen molar-refractivity contribution in [2.24, 2.45) is 4.99 Å². The van der Waals surface area contributed by atoms with Crippen molar-refractivity contribution in [3.63, 3.8) is 0 Å². The van der Waals surface area contributed by atoms with Crippen LogP contribution in [0.15, 0.2) is 22.0 Å². The van der Waals surface area contributed by atoms with Gasteiger partial charge in [-0.2, -0.15) is 0 Å². The number of carbonyl (C=O) groups excluding carboxylic acids is 2. The van der Waals surface area contributed by atoms with E-state index < -0.39 is 5.97 Å². The monoisotopic (exact) mass is 518 g/mol. The van der Waals surface area contributed by atoms with E-state index in [2.05, 4.69) is 32.3 Å². The quantitative estimate of drug-likeness (QED) is 0.298. The van der Waals surface area contributed by atoms with Crippen LogP contribution in [-0.4, -0.2) is 55.4 Å². The summed E-state index contributed by atoms with van der Waals surface area (Å²) < 4.78 is 16.6. The van der Waals surface area contributed by atoms with Crippen molar-refractivity contribution in [2.75, 3.05) is 33.4 Å². The molecule has 1 saturated heterocycles. The molecule has 1 aliphatic rings. The van der Waals surface area contributed by atoms with Crippen molar-refractivity contribution in [3.8, 4) is 11.5 Å². The summed E-state index contributed by atoms with van der Waals surface area (Å²) in [6.45, 7) is 7.17. The van der Waals surface area contributed by atoms with Gasteiger partial charge in [-0.15, -0.1) is 0 Å². The molecule has 1 fully saturated rings. The Morgan fingerprint density at radius 1 is 1.29 bits per heavy atom. The van der Waals surface area contributed by atoms with E-state index in [-0.39, 0.29) is 12.5 Å². The average molecular weight is 518 g/mol. The smallest absolute Gasteiger partial charge is 0.343 e. The number of hydrogen-bond acceptors (Lipinski definition) is 7. The molecule has 0 spiro atoms. The minimum Gasteiger partial charge on any atom is -0.490 e. The summed E-state index contributed by atoms with van der Waals surface area (Å²) >= 11 is 3.49. The highest BCUT2D eigenvalue weighted by molar-refractivity contribution is 14.1. The molecule has 2 rings (SSSR count). The lowest BCUT2D eigenvalue weighted by molar-refractivity contribution is -0.143. The number of esters is 1.